The predicted molar refractivity (Wildman–Crippen MR) is 86.0 cm³/mol. The minimum Gasteiger partial charge on any atom is -0.207 e. The third kappa shape index (κ3) is 4.06. The Balaban J connectivity index is 2.13. The Morgan fingerprint density at radius 3 is 2.50 bits per heavy atom. The van der Waals surface area contributed by atoms with Crippen molar-refractivity contribution in [1.29, 1.82) is 0 Å². The van der Waals surface area contributed by atoms with Crippen LogP contribution in [0, 0.1) is 5.82 Å². The summed E-state index contributed by atoms with van der Waals surface area (Å²) in [7, 11) is -1.85. The second-order valence-electron chi connectivity index (χ2n) is 5.87. The van der Waals surface area contributed by atoms with Gasteiger partial charge in [0, 0.05) is 26.2 Å². The molecule has 0 radical (unpaired) electrons. The Morgan fingerprint density at radius 1 is 1.23 bits per heavy atom. The zero-order valence-corrected chi connectivity index (χ0v) is 14.2. The lowest BCUT2D eigenvalue weighted by Crippen LogP contribution is -2.46. The van der Waals surface area contributed by atoms with Crippen LogP contribution < -0.4 is 0 Å². The van der Waals surface area contributed by atoms with Crippen molar-refractivity contribution in [2.24, 2.45) is 0 Å². The molecule has 124 valence electrons. The summed E-state index contributed by atoms with van der Waals surface area (Å²) in [4.78, 5) is 0. The molecular formula is C16H25FN2O2S. The van der Waals surface area contributed by atoms with Gasteiger partial charge in [-0.05, 0) is 30.5 Å². The summed E-state index contributed by atoms with van der Waals surface area (Å²) in [5.74, 6) is -0.341. The van der Waals surface area contributed by atoms with Crippen molar-refractivity contribution in [1.82, 2.24) is 8.61 Å². The van der Waals surface area contributed by atoms with E-state index in [1.165, 1.54) is 27.2 Å². The number of benzene rings is 1. The highest BCUT2D eigenvalue weighted by atomic mass is 32.2. The highest BCUT2D eigenvalue weighted by Crippen LogP contribution is 2.25. The molecule has 0 unspecified atom stereocenters. The smallest absolute Gasteiger partial charge is 0.207 e. The van der Waals surface area contributed by atoms with Gasteiger partial charge in [0.15, 0.2) is 0 Å². The third-order valence-electron chi connectivity index (χ3n) is 4.38. The summed E-state index contributed by atoms with van der Waals surface area (Å²) in [5, 5.41) is 0. The zero-order valence-electron chi connectivity index (χ0n) is 13.3. The normalized spacial score (nSPS) is 17.3. The second kappa shape index (κ2) is 7.53. The van der Waals surface area contributed by atoms with Crippen molar-refractivity contribution in [2.45, 2.75) is 51.6 Å². The van der Waals surface area contributed by atoms with Crippen LogP contribution in [0.15, 0.2) is 24.3 Å². The summed E-state index contributed by atoms with van der Waals surface area (Å²) in [5.41, 5.74) is 0.669. The molecule has 0 amide bonds. The van der Waals surface area contributed by atoms with Gasteiger partial charge in [-0.25, -0.2) is 4.39 Å². The van der Waals surface area contributed by atoms with Gasteiger partial charge < -0.3 is 0 Å². The van der Waals surface area contributed by atoms with Crippen molar-refractivity contribution in [3.63, 3.8) is 0 Å². The van der Waals surface area contributed by atoms with Crippen LogP contribution in [0.4, 0.5) is 4.39 Å². The molecule has 0 aromatic heterocycles. The molecule has 4 nitrogen and oxygen atoms in total. The minimum atomic E-state index is -3.52. The quantitative estimate of drug-likeness (QED) is 0.805. The van der Waals surface area contributed by atoms with Gasteiger partial charge in [-0.2, -0.15) is 17.0 Å². The lowest BCUT2D eigenvalue weighted by Gasteiger charge is -2.34. The van der Waals surface area contributed by atoms with E-state index < -0.39 is 10.2 Å². The molecule has 0 N–H and O–H groups in total. The summed E-state index contributed by atoms with van der Waals surface area (Å²) in [6.07, 6.45) is 5.20. The first-order valence-corrected chi connectivity index (χ1v) is 9.32. The Labute approximate surface area is 133 Å². The van der Waals surface area contributed by atoms with Crippen LogP contribution in [-0.2, 0) is 16.8 Å². The summed E-state index contributed by atoms with van der Waals surface area (Å²) in [6, 6.07) is 6.19. The van der Waals surface area contributed by atoms with Crippen LogP contribution in [0.5, 0.6) is 0 Å². The van der Waals surface area contributed by atoms with Crippen molar-refractivity contribution in [3.8, 4) is 0 Å². The van der Waals surface area contributed by atoms with Crippen molar-refractivity contribution in [2.75, 3.05) is 13.6 Å². The molecule has 0 aliphatic heterocycles. The van der Waals surface area contributed by atoms with Crippen LogP contribution in [0.25, 0.3) is 0 Å². The fourth-order valence-electron chi connectivity index (χ4n) is 3.01. The lowest BCUT2D eigenvalue weighted by molar-refractivity contribution is 0.262. The predicted octanol–water partition coefficient (Wildman–Crippen LogP) is 3.16. The highest BCUT2D eigenvalue weighted by molar-refractivity contribution is 7.86. The van der Waals surface area contributed by atoms with Gasteiger partial charge in [0.25, 0.3) is 10.2 Å². The molecule has 1 saturated carbocycles. The van der Waals surface area contributed by atoms with E-state index in [1.54, 1.807) is 19.2 Å². The molecule has 1 aliphatic rings. The van der Waals surface area contributed by atoms with Gasteiger partial charge in [0.1, 0.15) is 5.82 Å². The van der Waals surface area contributed by atoms with E-state index in [0.29, 0.717) is 12.1 Å². The third-order valence-corrected chi connectivity index (χ3v) is 6.45. The molecule has 1 aromatic carbocycles. The Bertz CT molecular complexity index is 586. The molecule has 1 fully saturated rings. The summed E-state index contributed by atoms with van der Waals surface area (Å²) in [6.45, 7) is 2.38. The summed E-state index contributed by atoms with van der Waals surface area (Å²) < 4.78 is 41.8. The van der Waals surface area contributed by atoms with Gasteiger partial charge in [0.05, 0.1) is 0 Å². The molecule has 2 rings (SSSR count). The van der Waals surface area contributed by atoms with E-state index >= 15 is 0 Å². The lowest BCUT2D eigenvalue weighted by atomic mass is 9.96. The first-order chi connectivity index (χ1) is 10.4. The average molecular weight is 328 g/mol. The standard InChI is InChI=1S/C16H25FN2O2S/c1-3-19(13-14-8-7-9-15(17)12-14)22(20,21)18(2)16-10-5-4-6-11-16/h7-9,12,16H,3-6,10-11,13H2,1-2H3. The SMILES string of the molecule is CCN(Cc1cccc(F)c1)S(=O)(=O)N(C)C1CCCCC1. The number of hydrogen-bond donors (Lipinski definition) is 0. The maximum Gasteiger partial charge on any atom is 0.282 e. The number of hydrogen-bond acceptors (Lipinski definition) is 2. The maximum atomic E-state index is 13.3. The van der Waals surface area contributed by atoms with Crippen LogP contribution in [-0.4, -0.2) is 36.7 Å². The van der Waals surface area contributed by atoms with E-state index in [-0.39, 0.29) is 18.4 Å². The number of halogens is 1. The summed E-state index contributed by atoms with van der Waals surface area (Å²) >= 11 is 0. The monoisotopic (exact) mass is 328 g/mol. The van der Waals surface area contributed by atoms with E-state index in [9.17, 15) is 12.8 Å². The van der Waals surface area contributed by atoms with Crippen molar-refractivity contribution >= 4 is 10.2 Å². The fraction of sp³-hybridized carbons (Fsp3) is 0.625. The van der Waals surface area contributed by atoms with Crippen molar-refractivity contribution < 1.29 is 12.8 Å². The van der Waals surface area contributed by atoms with Crippen LogP contribution in [0.1, 0.15) is 44.6 Å². The number of rotatable bonds is 6. The molecule has 0 saturated heterocycles. The molecule has 1 aliphatic carbocycles. The maximum absolute atomic E-state index is 13.3. The first kappa shape index (κ1) is 17.4. The molecule has 6 heteroatoms. The number of nitrogens with zero attached hydrogens (tertiary/aromatic N) is 2. The van der Waals surface area contributed by atoms with Gasteiger partial charge >= 0.3 is 0 Å². The Kier molecular flexibility index (Phi) is 5.94. The molecule has 22 heavy (non-hydrogen) atoms. The van der Waals surface area contributed by atoms with Crippen LogP contribution >= 0.6 is 0 Å². The molecule has 1 aromatic rings. The molecule has 0 spiro atoms. The first-order valence-electron chi connectivity index (χ1n) is 7.92. The van der Waals surface area contributed by atoms with Crippen LogP contribution in [0.2, 0.25) is 0 Å². The molecule has 0 heterocycles. The highest BCUT2D eigenvalue weighted by Gasteiger charge is 2.31. The van der Waals surface area contributed by atoms with E-state index in [1.807, 2.05) is 6.92 Å². The Hall–Kier alpha value is -0.980. The topological polar surface area (TPSA) is 40.6 Å². The largest absolute Gasteiger partial charge is 0.282 e. The van der Waals surface area contributed by atoms with E-state index in [2.05, 4.69) is 0 Å². The second-order valence-corrected chi connectivity index (χ2v) is 7.86. The van der Waals surface area contributed by atoms with Gasteiger partial charge in [-0.1, -0.05) is 38.3 Å². The van der Waals surface area contributed by atoms with E-state index in [4.69, 9.17) is 0 Å². The average Bonchev–Trinajstić information content (AvgIpc) is 2.52. The minimum absolute atomic E-state index is 0.0836. The van der Waals surface area contributed by atoms with Crippen LogP contribution in [0.3, 0.4) is 0 Å². The Morgan fingerprint density at radius 2 is 1.91 bits per heavy atom. The molecular weight excluding hydrogens is 303 g/mol. The van der Waals surface area contributed by atoms with Crippen molar-refractivity contribution in [3.05, 3.63) is 35.6 Å². The van der Waals surface area contributed by atoms with Gasteiger partial charge in [0.2, 0.25) is 0 Å². The van der Waals surface area contributed by atoms with Gasteiger partial charge in [-0.3, -0.25) is 0 Å². The molecule has 0 bridgehead atoms. The molecule has 0 atom stereocenters. The van der Waals surface area contributed by atoms with E-state index in [0.717, 1.165) is 25.7 Å². The van der Waals surface area contributed by atoms with Gasteiger partial charge in [-0.15, -0.1) is 0 Å². The fourth-order valence-corrected chi connectivity index (χ4v) is 4.60. The zero-order chi connectivity index (χ0) is 16.2.